The van der Waals surface area contributed by atoms with Crippen LogP contribution in [0.4, 0.5) is 0 Å². The molecule has 0 bridgehead atoms. The van der Waals surface area contributed by atoms with E-state index in [0.717, 1.165) is 10.1 Å². The van der Waals surface area contributed by atoms with Crippen molar-refractivity contribution in [2.75, 3.05) is 13.1 Å². The van der Waals surface area contributed by atoms with Gasteiger partial charge in [-0.25, -0.2) is 0 Å². The second kappa shape index (κ2) is 14.5. The molecule has 45 heavy (non-hydrogen) atoms. The highest BCUT2D eigenvalue weighted by molar-refractivity contribution is 6.03. The van der Waals surface area contributed by atoms with Crippen LogP contribution in [0.15, 0.2) is 83.7 Å². The van der Waals surface area contributed by atoms with Crippen LogP contribution in [0, 0.1) is 0 Å². The van der Waals surface area contributed by atoms with E-state index >= 15 is 0 Å². The predicted octanol–water partition coefficient (Wildman–Crippen LogP) is 0.832. The first-order chi connectivity index (χ1) is 21.5. The first kappa shape index (κ1) is 31.9. The van der Waals surface area contributed by atoms with Crippen LogP contribution in [0.25, 0.3) is 10.9 Å². The van der Waals surface area contributed by atoms with E-state index in [2.05, 4.69) is 21.3 Å². The molecule has 0 radical (unpaired) electrons. The Bertz CT molecular complexity index is 1810. The molecule has 0 spiro atoms. The number of hydrogen-bond acceptors (Lipinski definition) is 7. The number of hydrogen-bond donors (Lipinski definition) is 6. The van der Waals surface area contributed by atoms with Crippen molar-refractivity contribution >= 4 is 40.5 Å². The maximum absolute atomic E-state index is 13.1. The van der Waals surface area contributed by atoms with E-state index in [1.54, 1.807) is 36.4 Å². The Balaban J connectivity index is 1.41. The van der Waals surface area contributed by atoms with Crippen molar-refractivity contribution in [2.24, 2.45) is 7.05 Å². The fourth-order valence-electron chi connectivity index (χ4n) is 4.58. The molecule has 0 unspecified atom stereocenters. The Hall–Kier alpha value is -5.98. The average Bonchev–Trinajstić information content (AvgIpc) is 3.04. The summed E-state index contributed by atoms with van der Waals surface area (Å²) in [5.41, 5.74) is 0.581. The summed E-state index contributed by atoms with van der Waals surface area (Å²) in [5.74, 6) is -4.51. The summed E-state index contributed by atoms with van der Waals surface area (Å²) in [7, 11) is 1.40. The smallest absolute Gasteiger partial charge is 0.322 e. The molecule has 1 aromatic heterocycles. The first-order valence-electron chi connectivity index (χ1n) is 13.8. The molecular weight excluding hydrogens is 582 g/mol. The van der Waals surface area contributed by atoms with Gasteiger partial charge in [-0.05, 0) is 35.4 Å². The van der Waals surface area contributed by atoms with Gasteiger partial charge in [0.1, 0.15) is 23.9 Å². The number of fused-ring (bicyclic) bond motifs is 1. The summed E-state index contributed by atoms with van der Waals surface area (Å²) in [5, 5.41) is 29.7. The van der Waals surface area contributed by atoms with Gasteiger partial charge in [-0.3, -0.25) is 28.8 Å². The minimum Gasteiger partial charge on any atom is -0.506 e. The number of benzene rings is 3. The molecule has 4 aromatic rings. The molecule has 0 aliphatic heterocycles. The number of pyridine rings is 1. The van der Waals surface area contributed by atoms with Gasteiger partial charge in [-0.1, -0.05) is 54.6 Å². The molecule has 232 valence electrons. The van der Waals surface area contributed by atoms with Crippen LogP contribution in [0.2, 0.25) is 0 Å². The number of nitrogens with one attached hydrogen (secondary N) is 4. The third kappa shape index (κ3) is 8.10. The van der Waals surface area contributed by atoms with Gasteiger partial charge < -0.3 is 36.0 Å². The summed E-state index contributed by atoms with van der Waals surface area (Å²) in [6, 6.07) is 21.2. The summed E-state index contributed by atoms with van der Waals surface area (Å²) < 4.78 is 1.14. The van der Waals surface area contributed by atoms with E-state index in [4.69, 9.17) is 5.11 Å². The van der Waals surface area contributed by atoms with E-state index in [0.29, 0.717) is 16.6 Å². The summed E-state index contributed by atoms with van der Waals surface area (Å²) in [6.45, 7) is -1.15. The molecule has 0 saturated carbocycles. The van der Waals surface area contributed by atoms with Gasteiger partial charge in [0, 0.05) is 31.0 Å². The molecule has 13 heteroatoms. The second-order valence-electron chi connectivity index (χ2n) is 10.1. The number of aromatic nitrogens is 1. The molecule has 6 N–H and O–H groups in total. The lowest BCUT2D eigenvalue weighted by Crippen LogP contribution is -2.50. The van der Waals surface area contributed by atoms with Gasteiger partial charge in [-0.15, -0.1) is 0 Å². The maximum Gasteiger partial charge on any atom is 0.322 e. The first-order valence-corrected chi connectivity index (χ1v) is 13.8. The lowest BCUT2D eigenvalue weighted by molar-refractivity contribution is -0.135. The van der Waals surface area contributed by atoms with Crippen LogP contribution in [0.3, 0.4) is 0 Å². The molecule has 0 aliphatic carbocycles. The Morgan fingerprint density at radius 3 is 2.13 bits per heavy atom. The number of carboxylic acid groups (broad SMARTS) is 1. The normalized spacial score (nSPS) is 11.3. The molecule has 13 nitrogen and oxygen atoms in total. The maximum atomic E-state index is 13.1. The number of aromatic hydroxyl groups is 1. The highest BCUT2D eigenvalue weighted by atomic mass is 16.4. The summed E-state index contributed by atoms with van der Waals surface area (Å²) in [6.07, 6.45) is 0.201. The number of amides is 4. The number of carboxylic acids is 1. The monoisotopic (exact) mass is 613 g/mol. The molecule has 1 atom stereocenters. The molecule has 0 saturated heterocycles. The quantitative estimate of drug-likeness (QED) is 0.135. The average molecular weight is 614 g/mol. The van der Waals surface area contributed by atoms with E-state index < -0.39 is 59.1 Å². The van der Waals surface area contributed by atoms with Gasteiger partial charge in [0.2, 0.25) is 11.8 Å². The van der Waals surface area contributed by atoms with Gasteiger partial charge in [0.25, 0.3) is 17.4 Å². The van der Waals surface area contributed by atoms with Crippen LogP contribution in [-0.4, -0.2) is 63.5 Å². The third-order valence-electron chi connectivity index (χ3n) is 6.91. The van der Waals surface area contributed by atoms with Crippen molar-refractivity contribution in [2.45, 2.75) is 19.0 Å². The number of nitrogens with zero attached hydrogens (tertiary/aromatic N) is 1. The Labute approximate surface area is 256 Å². The van der Waals surface area contributed by atoms with Gasteiger partial charge in [0.15, 0.2) is 0 Å². The minimum absolute atomic E-state index is 0.0222. The molecule has 1 heterocycles. The molecule has 3 aromatic carbocycles. The molecule has 0 fully saturated rings. The lowest BCUT2D eigenvalue weighted by Gasteiger charge is -2.19. The molecule has 4 rings (SSSR count). The fraction of sp³-hybridized carbons (Fsp3) is 0.188. The van der Waals surface area contributed by atoms with E-state index in [1.165, 1.54) is 19.2 Å². The Morgan fingerprint density at radius 1 is 0.800 bits per heavy atom. The molecule has 4 amide bonds. The van der Waals surface area contributed by atoms with Crippen molar-refractivity contribution in [3.63, 3.8) is 0 Å². The second-order valence-corrected chi connectivity index (χ2v) is 10.1. The Kier molecular flexibility index (Phi) is 10.3. The highest BCUT2D eigenvalue weighted by Gasteiger charge is 2.24. The van der Waals surface area contributed by atoms with Gasteiger partial charge >= 0.3 is 5.97 Å². The van der Waals surface area contributed by atoms with Crippen molar-refractivity contribution in [3.8, 4) is 5.75 Å². The van der Waals surface area contributed by atoms with Crippen LogP contribution >= 0.6 is 0 Å². The van der Waals surface area contributed by atoms with Crippen LogP contribution < -0.4 is 26.8 Å². The molecular formula is C32H31N5O8. The number of aliphatic carboxylic acids is 1. The van der Waals surface area contributed by atoms with Crippen molar-refractivity contribution in [3.05, 3.63) is 111 Å². The van der Waals surface area contributed by atoms with Crippen molar-refractivity contribution < 1.29 is 34.2 Å². The van der Waals surface area contributed by atoms with Crippen LogP contribution in [0.5, 0.6) is 5.75 Å². The zero-order valence-corrected chi connectivity index (χ0v) is 24.2. The summed E-state index contributed by atoms with van der Waals surface area (Å²) >= 11 is 0. The largest absolute Gasteiger partial charge is 0.506 e. The van der Waals surface area contributed by atoms with Gasteiger partial charge in [0.05, 0.1) is 12.1 Å². The zero-order valence-electron chi connectivity index (χ0n) is 24.2. The van der Waals surface area contributed by atoms with Crippen LogP contribution in [-0.2, 0) is 34.4 Å². The standard InChI is InChI=1S/C32H31N5O8/c1-37-24-13-12-20(14-22(24)28(41)27(32(37)45)31(44)35-18-26(39)40)16-33-25(38)17-34-30(43)23(15-19-8-4-2-5-9-19)36-29(42)21-10-6-3-7-11-21/h2-14,23,41H,15-18H2,1H3,(H,33,38)(H,34,43)(H,35,44)(H,36,42)(H,39,40)/t23-/m1/s1. The van der Waals surface area contributed by atoms with Crippen molar-refractivity contribution in [1.82, 2.24) is 25.8 Å². The number of carbonyl (C=O) groups excluding carboxylic acids is 4. The van der Waals surface area contributed by atoms with Crippen molar-refractivity contribution in [1.29, 1.82) is 0 Å². The predicted molar refractivity (Wildman–Crippen MR) is 164 cm³/mol. The van der Waals surface area contributed by atoms with Gasteiger partial charge in [-0.2, -0.15) is 0 Å². The zero-order chi connectivity index (χ0) is 32.5. The summed E-state index contributed by atoms with van der Waals surface area (Å²) in [4.78, 5) is 74.4. The third-order valence-corrected chi connectivity index (χ3v) is 6.91. The fourth-order valence-corrected chi connectivity index (χ4v) is 4.58. The number of aryl methyl sites for hydroxylation is 1. The minimum atomic E-state index is -1.32. The number of rotatable bonds is 12. The highest BCUT2D eigenvalue weighted by Crippen LogP contribution is 2.27. The van der Waals surface area contributed by atoms with E-state index in [9.17, 15) is 33.9 Å². The van der Waals surface area contributed by atoms with Crippen LogP contribution in [0.1, 0.15) is 31.8 Å². The topological polar surface area (TPSA) is 196 Å². The molecule has 0 aliphatic rings. The lowest BCUT2D eigenvalue weighted by atomic mass is 10.0. The number of carbonyl (C=O) groups is 5. The Morgan fingerprint density at radius 2 is 1.47 bits per heavy atom. The van der Waals surface area contributed by atoms with E-state index in [1.807, 2.05) is 30.3 Å². The van der Waals surface area contributed by atoms with E-state index in [-0.39, 0.29) is 24.9 Å². The SMILES string of the molecule is Cn1c(=O)c(C(=O)NCC(=O)O)c(O)c2cc(CNC(=O)CNC(=O)[C@@H](Cc3ccccc3)NC(=O)c3ccccc3)ccc21.